The summed E-state index contributed by atoms with van der Waals surface area (Å²) in [6.07, 6.45) is 6.57. The number of fused-ring (bicyclic) bond motifs is 1. The quantitative estimate of drug-likeness (QED) is 0.242. The molecule has 3 heterocycles. The number of amides is 1. The van der Waals surface area contributed by atoms with Crippen LogP contribution in [0, 0.1) is 22.6 Å². The number of carbonyl (C=O) groups is 1. The smallest absolute Gasteiger partial charge is 0.264 e. The largest absolute Gasteiger partial charge is 0.457 e. The van der Waals surface area contributed by atoms with Gasteiger partial charge in [-0.2, -0.15) is 5.26 Å². The molecule has 0 unspecified atom stereocenters. The van der Waals surface area contributed by atoms with Crippen LogP contribution < -0.4 is 10.5 Å². The van der Waals surface area contributed by atoms with E-state index in [0.717, 1.165) is 12.8 Å². The molecule has 0 saturated carbocycles. The average Bonchev–Trinajstić information content (AvgIpc) is 3.32. The first-order valence-electron chi connectivity index (χ1n) is 13.2. The highest BCUT2D eigenvalue weighted by atomic mass is 19.1. The van der Waals surface area contributed by atoms with Gasteiger partial charge in [-0.05, 0) is 42.5 Å². The molecule has 40 heavy (non-hydrogen) atoms. The van der Waals surface area contributed by atoms with Crippen LogP contribution in [-0.4, -0.2) is 38.3 Å². The van der Waals surface area contributed by atoms with Gasteiger partial charge in [0.05, 0.1) is 0 Å². The molecule has 1 fully saturated rings. The van der Waals surface area contributed by atoms with Crippen molar-refractivity contribution in [3.63, 3.8) is 0 Å². The Morgan fingerprint density at radius 3 is 2.67 bits per heavy atom. The lowest BCUT2D eigenvalue weighted by Crippen LogP contribution is -2.40. The Hall–Kier alpha value is -4.71. The number of imidazole rings is 1. The van der Waals surface area contributed by atoms with Gasteiger partial charge >= 0.3 is 0 Å². The molecule has 2 aromatic heterocycles. The van der Waals surface area contributed by atoms with Crippen LogP contribution in [0.5, 0.6) is 11.5 Å². The van der Waals surface area contributed by atoms with Crippen molar-refractivity contribution in [2.24, 2.45) is 5.41 Å². The van der Waals surface area contributed by atoms with Gasteiger partial charge in [-0.1, -0.05) is 45.0 Å². The van der Waals surface area contributed by atoms with Crippen molar-refractivity contribution in [2.45, 2.75) is 39.5 Å². The molecule has 0 spiro atoms. The summed E-state index contributed by atoms with van der Waals surface area (Å²) < 4.78 is 23.1. The van der Waals surface area contributed by atoms with Gasteiger partial charge in [0.1, 0.15) is 51.8 Å². The number of aromatic nitrogens is 3. The highest BCUT2D eigenvalue weighted by Crippen LogP contribution is 2.36. The van der Waals surface area contributed by atoms with E-state index in [1.165, 1.54) is 6.07 Å². The minimum absolute atomic E-state index is 0.134. The van der Waals surface area contributed by atoms with Crippen molar-refractivity contribution in [1.82, 2.24) is 19.3 Å². The molecule has 5 rings (SSSR count). The van der Waals surface area contributed by atoms with E-state index in [9.17, 15) is 10.1 Å². The van der Waals surface area contributed by atoms with Crippen LogP contribution in [0.4, 0.5) is 10.2 Å². The second-order valence-electron chi connectivity index (χ2n) is 11.0. The molecule has 9 heteroatoms. The number of likely N-dealkylation sites (tertiary alicyclic amines) is 1. The molecule has 0 bridgehead atoms. The lowest BCUT2D eigenvalue weighted by atomic mass is 9.92. The zero-order chi connectivity index (χ0) is 28.4. The standard InChI is InChI=1S/C31H31FN6O2/c1-31(2,3)17-21(18-33)30(39)37-14-7-8-20(19-37)29-36-26(27-28(34)35-13-15-38(27)29)24-12-11-23(16-25(24)32)40-22-9-5-4-6-10-22/h4-6,9-13,15-17,20H,7-8,14,19H2,1-3H3,(H2,34,35)/t20-/m1/s1. The fraction of sp³-hybridized carbons (Fsp3) is 0.290. The summed E-state index contributed by atoms with van der Waals surface area (Å²) in [5.74, 6) is 0.924. The number of nitrogen functional groups attached to an aromatic ring is 1. The first kappa shape index (κ1) is 26.9. The Kier molecular flexibility index (Phi) is 7.26. The molecular formula is C31H31FN6O2. The number of halogens is 1. The van der Waals surface area contributed by atoms with Crippen molar-refractivity contribution in [3.8, 4) is 28.8 Å². The van der Waals surface area contributed by atoms with E-state index in [1.54, 1.807) is 47.6 Å². The SMILES string of the molecule is CC(C)(C)C=C(C#N)C(=O)N1CCC[C@@H](c2nc(-c3ccc(Oc4ccccc4)cc3F)c3c(N)nccn23)C1. The average molecular weight is 539 g/mol. The molecule has 0 radical (unpaired) electrons. The molecule has 0 aliphatic carbocycles. The van der Waals surface area contributed by atoms with Crippen molar-refractivity contribution in [3.05, 3.63) is 84.2 Å². The molecule has 1 aliphatic heterocycles. The van der Waals surface area contributed by atoms with E-state index in [2.05, 4.69) is 11.1 Å². The van der Waals surface area contributed by atoms with Crippen molar-refractivity contribution < 1.29 is 13.9 Å². The molecule has 1 amide bonds. The number of para-hydroxylation sites is 1. The van der Waals surface area contributed by atoms with Crippen LogP contribution in [0.15, 0.2) is 72.6 Å². The monoisotopic (exact) mass is 538 g/mol. The summed E-state index contributed by atoms with van der Waals surface area (Å²) >= 11 is 0. The van der Waals surface area contributed by atoms with Crippen LogP contribution >= 0.6 is 0 Å². The van der Waals surface area contributed by atoms with Crippen LogP contribution in [0.3, 0.4) is 0 Å². The molecule has 1 atom stereocenters. The number of piperidine rings is 1. The second kappa shape index (κ2) is 10.8. The summed E-state index contributed by atoms with van der Waals surface area (Å²) in [5, 5.41) is 9.66. The first-order valence-corrected chi connectivity index (χ1v) is 13.2. The number of carbonyl (C=O) groups excluding carboxylic acids is 1. The van der Waals surface area contributed by atoms with Gasteiger partial charge in [0.2, 0.25) is 0 Å². The van der Waals surface area contributed by atoms with Crippen LogP contribution in [0.25, 0.3) is 16.8 Å². The van der Waals surface area contributed by atoms with Crippen molar-refractivity contribution in [2.75, 3.05) is 18.8 Å². The predicted octanol–water partition coefficient (Wildman–Crippen LogP) is 6.11. The number of hydrogen-bond donors (Lipinski definition) is 1. The minimum atomic E-state index is -0.505. The Morgan fingerprint density at radius 1 is 1.20 bits per heavy atom. The summed E-state index contributed by atoms with van der Waals surface area (Å²) in [7, 11) is 0. The number of nitrogens with zero attached hydrogens (tertiary/aromatic N) is 5. The number of allylic oxidation sites excluding steroid dienone is 1. The summed E-state index contributed by atoms with van der Waals surface area (Å²) in [6, 6.07) is 15.9. The van der Waals surface area contributed by atoms with Gasteiger partial charge in [0.15, 0.2) is 0 Å². The predicted molar refractivity (Wildman–Crippen MR) is 151 cm³/mol. The lowest BCUT2D eigenvalue weighted by molar-refractivity contribution is -0.128. The Morgan fingerprint density at radius 2 is 1.98 bits per heavy atom. The number of hydrogen-bond acceptors (Lipinski definition) is 6. The minimum Gasteiger partial charge on any atom is -0.457 e. The number of ether oxygens (including phenoxy) is 1. The zero-order valence-corrected chi connectivity index (χ0v) is 22.8. The van der Waals surface area contributed by atoms with Gasteiger partial charge in [0.25, 0.3) is 5.91 Å². The molecule has 2 aromatic carbocycles. The van der Waals surface area contributed by atoms with Crippen molar-refractivity contribution in [1.29, 1.82) is 5.26 Å². The maximum atomic E-state index is 15.5. The van der Waals surface area contributed by atoms with E-state index in [4.69, 9.17) is 15.5 Å². The van der Waals surface area contributed by atoms with E-state index < -0.39 is 5.82 Å². The normalized spacial score (nSPS) is 16.1. The molecule has 8 nitrogen and oxygen atoms in total. The van der Waals surface area contributed by atoms with Crippen LogP contribution in [0.2, 0.25) is 0 Å². The Bertz CT molecular complexity index is 1630. The molecule has 204 valence electrons. The molecule has 1 aliphatic rings. The summed E-state index contributed by atoms with van der Waals surface area (Å²) in [4.78, 5) is 24.1. The maximum absolute atomic E-state index is 15.5. The fourth-order valence-electron chi connectivity index (χ4n) is 5.06. The third-order valence-electron chi connectivity index (χ3n) is 6.79. The summed E-state index contributed by atoms with van der Waals surface area (Å²) in [5.41, 5.74) is 7.26. The van der Waals surface area contributed by atoms with Gasteiger partial charge in [-0.15, -0.1) is 0 Å². The Labute approximate surface area is 232 Å². The highest BCUT2D eigenvalue weighted by molar-refractivity contribution is 5.97. The van der Waals surface area contributed by atoms with E-state index >= 15 is 4.39 Å². The third kappa shape index (κ3) is 5.52. The number of nitrogens with two attached hydrogens (primary N) is 1. The van der Waals surface area contributed by atoms with Crippen LogP contribution in [-0.2, 0) is 4.79 Å². The van der Waals surface area contributed by atoms with E-state index in [-0.39, 0.29) is 34.2 Å². The molecule has 2 N–H and O–H groups in total. The highest BCUT2D eigenvalue weighted by Gasteiger charge is 2.31. The topological polar surface area (TPSA) is 110 Å². The zero-order valence-electron chi connectivity index (χ0n) is 22.8. The molecular weight excluding hydrogens is 507 g/mol. The first-order chi connectivity index (χ1) is 19.1. The number of benzene rings is 2. The third-order valence-corrected chi connectivity index (χ3v) is 6.79. The van der Waals surface area contributed by atoms with Gasteiger partial charge in [-0.3, -0.25) is 9.20 Å². The Balaban J connectivity index is 1.49. The van der Waals surface area contributed by atoms with E-state index in [0.29, 0.717) is 41.6 Å². The molecule has 4 aromatic rings. The van der Waals surface area contributed by atoms with Gasteiger partial charge in [-0.25, -0.2) is 14.4 Å². The molecule has 1 saturated heterocycles. The number of rotatable bonds is 5. The number of nitriles is 1. The maximum Gasteiger partial charge on any atom is 0.264 e. The van der Waals surface area contributed by atoms with E-state index in [1.807, 2.05) is 43.4 Å². The van der Waals surface area contributed by atoms with Crippen molar-refractivity contribution >= 4 is 17.2 Å². The number of anilines is 1. The van der Waals surface area contributed by atoms with Crippen LogP contribution in [0.1, 0.15) is 45.4 Å². The van der Waals surface area contributed by atoms with Gasteiger partial charge in [0, 0.05) is 43.0 Å². The second-order valence-corrected chi connectivity index (χ2v) is 11.0. The lowest BCUT2D eigenvalue weighted by Gasteiger charge is -2.32. The summed E-state index contributed by atoms with van der Waals surface area (Å²) in [6.45, 7) is 6.79. The van der Waals surface area contributed by atoms with Gasteiger partial charge < -0.3 is 15.4 Å². The fourth-order valence-corrected chi connectivity index (χ4v) is 5.06.